The van der Waals surface area contributed by atoms with Gasteiger partial charge in [0, 0.05) is 23.8 Å². The lowest BCUT2D eigenvalue weighted by molar-refractivity contribution is -0.141. The number of benzene rings is 1. The summed E-state index contributed by atoms with van der Waals surface area (Å²) >= 11 is 0. The molecule has 0 radical (unpaired) electrons. The number of nitrogens with one attached hydrogen (secondary N) is 2. The summed E-state index contributed by atoms with van der Waals surface area (Å²) in [4.78, 5) is 20.6. The number of hydrogen-bond acceptors (Lipinski definition) is 7. The highest BCUT2D eigenvalue weighted by Crippen LogP contribution is 2.42. The summed E-state index contributed by atoms with van der Waals surface area (Å²) in [5.41, 5.74) is 6.00. The molecule has 0 amide bonds. The Bertz CT molecular complexity index is 1280. The number of ether oxygens (including phenoxy) is 1. The third-order valence-electron chi connectivity index (χ3n) is 6.66. The Morgan fingerprint density at radius 2 is 1.89 bits per heavy atom. The van der Waals surface area contributed by atoms with Gasteiger partial charge >= 0.3 is 11.9 Å². The standard InChI is InChI=1S/C25H27F3N6O2/c26-25(27,28)22-9-3-16(13-31-22)15-2-8-20-19(12-15)32-23-21(36-20)14-34(24(35)33-23)18-6-4-17(5-7-18)30-11-1-10-29/h2-3,8-9,12-14,17-18,30H,1,4-7,10-11,29H2,(H,32,33,35). The largest absolute Gasteiger partial charge is 0.450 e. The van der Waals surface area contributed by atoms with Crippen molar-refractivity contribution in [3.8, 4) is 22.6 Å². The molecule has 2 aliphatic rings. The summed E-state index contributed by atoms with van der Waals surface area (Å²) < 4.78 is 46.1. The molecule has 0 spiro atoms. The first-order chi connectivity index (χ1) is 17.3. The molecule has 1 fully saturated rings. The molecule has 4 N–H and O–H groups in total. The van der Waals surface area contributed by atoms with Crippen molar-refractivity contribution in [3.63, 3.8) is 0 Å². The summed E-state index contributed by atoms with van der Waals surface area (Å²) in [5.74, 6) is 1.30. The summed E-state index contributed by atoms with van der Waals surface area (Å²) in [7, 11) is 0. The van der Waals surface area contributed by atoms with Crippen molar-refractivity contribution >= 4 is 11.5 Å². The van der Waals surface area contributed by atoms with E-state index in [0.717, 1.165) is 44.7 Å². The van der Waals surface area contributed by atoms with Gasteiger partial charge in [-0.2, -0.15) is 18.2 Å². The molecule has 5 rings (SSSR count). The van der Waals surface area contributed by atoms with Crippen LogP contribution in [-0.2, 0) is 6.18 Å². The van der Waals surface area contributed by atoms with Gasteiger partial charge < -0.3 is 21.1 Å². The second kappa shape index (κ2) is 9.90. The molecule has 2 aromatic heterocycles. The minimum absolute atomic E-state index is 0.0578. The molecule has 3 aromatic rings. The van der Waals surface area contributed by atoms with Crippen LogP contribution in [0.3, 0.4) is 0 Å². The van der Waals surface area contributed by atoms with Gasteiger partial charge in [0.1, 0.15) is 5.69 Å². The Hall–Kier alpha value is -3.44. The van der Waals surface area contributed by atoms with E-state index in [2.05, 4.69) is 20.6 Å². The molecule has 8 nitrogen and oxygen atoms in total. The van der Waals surface area contributed by atoms with E-state index in [4.69, 9.17) is 10.5 Å². The van der Waals surface area contributed by atoms with Crippen LogP contribution in [0.2, 0.25) is 0 Å². The molecule has 0 unspecified atom stereocenters. The Morgan fingerprint density at radius 3 is 2.58 bits per heavy atom. The van der Waals surface area contributed by atoms with E-state index >= 15 is 0 Å². The van der Waals surface area contributed by atoms with Crippen LogP contribution in [0.5, 0.6) is 11.5 Å². The van der Waals surface area contributed by atoms with Gasteiger partial charge in [0.15, 0.2) is 17.3 Å². The lowest BCUT2D eigenvalue weighted by atomic mass is 9.91. The van der Waals surface area contributed by atoms with E-state index in [9.17, 15) is 18.0 Å². The third kappa shape index (κ3) is 5.07. The molecule has 1 saturated carbocycles. The van der Waals surface area contributed by atoms with E-state index in [1.165, 1.54) is 12.3 Å². The van der Waals surface area contributed by atoms with Gasteiger partial charge in [-0.3, -0.25) is 9.55 Å². The number of rotatable bonds is 6. The monoisotopic (exact) mass is 500 g/mol. The van der Waals surface area contributed by atoms with Crippen LogP contribution in [0, 0.1) is 0 Å². The molecule has 11 heteroatoms. The zero-order valence-corrected chi connectivity index (χ0v) is 19.5. The van der Waals surface area contributed by atoms with Gasteiger partial charge in [-0.25, -0.2) is 4.79 Å². The van der Waals surface area contributed by atoms with Gasteiger partial charge in [-0.05, 0) is 69.0 Å². The highest BCUT2D eigenvalue weighted by molar-refractivity contribution is 5.78. The van der Waals surface area contributed by atoms with Gasteiger partial charge in [0.05, 0.1) is 11.9 Å². The maximum absolute atomic E-state index is 12.8. The average Bonchev–Trinajstić information content (AvgIpc) is 2.87. The lowest BCUT2D eigenvalue weighted by Gasteiger charge is -2.31. The minimum Gasteiger partial charge on any atom is -0.450 e. The Labute approximate surface area is 205 Å². The molecular formula is C25H27F3N6O2. The molecule has 1 aromatic carbocycles. The molecule has 3 heterocycles. The van der Waals surface area contributed by atoms with Crippen LogP contribution in [0.25, 0.3) is 11.1 Å². The van der Waals surface area contributed by atoms with Crippen LogP contribution in [-0.4, -0.2) is 33.7 Å². The van der Waals surface area contributed by atoms with E-state index in [0.29, 0.717) is 46.7 Å². The zero-order chi connectivity index (χ0) is 25.3. The Kier molecular flexibility index (Phi) is 6.67. The van der Waals surface area contributed by atoms with Crippen LogP contribution in [0.4, 0.5) is 24.7 Å². The number of anilines is 2. The van der Waals surface area contributed by atoms with E-state index in [1.54, 1.807) is 29.0 Å². The summed E-state index contributed by atoms with van der Waals surface area (Å²) in [6.07, 6.45) is 3.03. The molecule has 190 valence electrons. The minimum atomic E-state index is -4.49. The van der Waals surface area contributed by atoms with Gasteiger partial charge in [0.25, 0.3) is 0 Å². The predicted octanol–water partition coefficient (Wildman–Crippen LogP) is 4.60. The number of alkyl halides is 3. The fourth-order valence-corrected chi connectivity index (χ4v) is 4.72. The fraction of sp³-hybridized carbons (Fsp3) is 0.400. The van der Waals surface area contributed by atoms with E-state index in [1.807, 2.05) is 0 Å². The van der Waals surface area contributed by atoms with Crippen molar-refractivity contribution in [2.45, 2.75) is 50.4 Å². The van der Waals surface area contributed by atoms with Gasteiger partial charge in [-0.15, -0.1) is 0 Å². The Balaban J connectivity index is 1.30. The number of nitrogens with two attached hydrogens (primary N) is 1. The first kappa shape index (κ1) is 24.3. The van der Waals surface area contributed by atoms with Crippen molar-refractivity contribution in [2.75, 3.05) is 18.4 Å². The van der Waals surface area contributed by atoms with Crippen LogP contribution in [0.1, 0.15) is 43.8 Å². The van der Waals surface area contributed by atoms with Crippen molar-refractivity contribution in [2.24, 2.45) is 5.73 Å². The third-order valence-corrected chi connectivity index (χ3v) is 6.66. The smallest absolute Gasteiger partial charge is 0.433 e. The van der Waals surface area contributed by atoms with Crippen molar-refractivity contribution in [3.05, 3.63) is 58.9 Å². The van der Waals surface area contributed by atoms with Gasteiger partial charge in [0.2, 0.25) is 0 Å². The number of fused-ring (bicyclic) bond motifs is 2. The number of nitrogens with zero attached hydrogens (tertiary/aromatic N) is 3. The molecule has 1 aliphatic heterocycles. The summed E-state index contributed by atoms with van der Waals surface area (Å²) in [5, 5.41) is 6.65. The van der Waals surface area contributed by atoms with E-state index < -0.39 is 11.9 Å². The highest BCUT2D eigenvalue weighted by atomic mass is 19.4. The van der Waals surface area contributed by atoms with Crippen molar-refractivity contribution in [1.29, 1.82) is 0 Å². The lowest BCUT2D eigenvalue weighted by Crippen LogP contribution is -2.37. The van der Waals surface area contributed by atoms with E-state index in [-0.39, 0.29) is 11.7 Å². The Morgan fingerprint density at radius 1 is 1.11 bits per heavy atom. The normalized spacial score (nSPS) is 19.1. The van der Waals surface area contributed by atoms with Crippen molar-refractivity contribution < 1.29 is 17.9 Å². The van der Waals surface area contributed by atoms with Crippen LogP contribution < -0.4 is 26.8 Å². The molecule has 0 saturated heterocycles. The fourth-order valence-electron chi connectivity index (χ4n) is 4.72. The summed E-state index contributed by atoms with van der Waals surface area (Å²) in [6.45, 7) is 1.57. The maximum Gasteiger partial charge on any atom is 0.433 e. The first-order valence-corrected chi connectivity index (χ1v) is 12.0. The number of halogens is 3. The number of pyridine rings is 1. The van der Waals surface area contributed by atoms with Crippen molar-refractivity contribution in [1.82, 2.24) is 19.9 Å². The molecule has 36 heavy (non-hydrogen) atoms. The average molecular weight is 501 g/mol. The molecular weight excluding hydrogens is 473 g/mol. The number of hydrogen-bond donors (Lipinski definition) is 3. The number of aromatic nitrogens is 3. The van der Waals surface area contributed by atoms with Crippen LogP contribution in [0.15, 0.2) is 47.5 Å². The second-order valence-electron chi connectivity index (χ2n) is 9.11. The summed E-state index contributed by atoms with van der Waals surface area (Å²) in [6, 6.07) is 8.02. The quantitative estimate of drug-likeness (QED) is 0.332. The SMILES string of the molecule is NCCCNC1CCC(n2cc3c(nc2=O)Nc2cc(-c4ccc(C(F)(F)F)nc4)ccc2O3)CC1. The highest BCUT2D eigenvalue weighted by Gasteiger charge is 2.32. The zero-order valence-electron chi connectivity index (χ0n) is 19.5. The first-order valence-electron chi connectivity index (χ1n) is 12.0. The molecule has 0 atom stereocenters. The topological polar surface area (TPSA) is 107 Å². The maximum atomic E-state index is 12.8. The molecule has 1 aliphatic carbocycles. The predicted molar refractivity (Wildman–Crippen MR) is 129 cm³/mol. The van der Waals surface area contributed by atoms with Gasteiger partial charge in [-0.1, -0.05) is 12.1 Å². The molecule has 0 bridgehead atoms. The second-order valence-corrected chi connectivity index (χ2v) is 9.11. The van der Waals surface area contributed by atoms with Crippen LogP contribution >= 0.6 is 0 Å².